The molecule has 0 atom stereocenters. The molecule has 5 nitrogen and oxygen atoms in total. The maximum Gasteiger partial charge on any atom is 0.213 e. The molecule has 1 heterocycles. The molecule has 0 aliphatic heterocycles. The summed E-state index contributed by atoms with van der Waals surface area (Å²) < 4.78 is 27.2. The Morgan fingerprint density at radius 2 is 1.96 bits per heavy atom. The third-order valence-corrected chi connectivity index (χ3v) is 6.86. The molecule has 7 heteroatoms. The summed E-state index contributed by atoms with van der Waals surface area (Å²) in [6, 6.07) is 8.17. The summed E-state index contributed by atoms with van der Waals surface area (Å²) in [6.45, 7) is 5.38. The molecule has 24 heavy (non-hydrogen) atoms. The van der Waals surface area contributed by atoms with Crippen molar-refractivity contribution >= 4 is 32.8 Å². The first-order valence-corrected chi connectivity index (χ1v) is 10.9. The monoisotopic (exact) mass is 369 g/mol. The maximum absolute atomic E-state index is 11.8. The lowest BCUT2D eigenvalue weighted by atomic mass is 10.1. The largest absolute Gasteiger partial charge is 0.319 e. The van der Waals surface area contributed by atoms with Gasteiger partial charge >= 0.3 is 0 Å². The van der Waals surface area contributed by atoms with Gasteiger partial charge in [-0.2, -0.15) is 0 Å². The maximum atomic E-state index is 11.8. The first-order chi connectivity index (χ1) is 11.3. The Bertz CT molecular complexity index is 767. The Labute approximate surface area is 149 Å². The van der Waals surface area contributed by atoms with E-state index in [-0.39, 0.29) is 5.75 Å². The van der Waals surface area contributed by atoms with Gasteiger partial charge in [0, 0.05) is 26.4 Å². The van der Waals surface area contributed by atoms with Crippen molar-refractivity contribution in [1.82, 2.24) is 13.9 Å². The number of sulfonamides is 1. The van der Waals surface area contributed by atoms with Crippen LogP contribution >= 0.6 is 11.8 Å². The quantitative estimate of drug-likeness (QED) is 0.502. The number of fused-ring (bicyclic) bond motifs is 1. The molecule has 0 bridgehead atoms. The van der Waals surface area contributed by atoms with E-state index >= 15 is 0 Å². The van der Waals surface area contributed by atoms with E-state index in [1.54, 1.807) is 25.9 Å². The van der Waals surface area contributed by atoms with Crippen molar-refractivity contribution in [3.63, 3.8) is 0 Å². The van der Waals surface area contributed by atoms with Gasteiger partial charge in [-0.05, 0) is 30.9 Å². The van der Waals surface area contributed by atoms with Gasteiger partial charge < -0.3 is 4.57 Å². The lowest BCUT2D eigenvalue weighted by molar-refractivity contribution is 0.503. The van der Waals surface area contributed by atoms with Gasteiger partial charge in [-0.15, -0.1) is 0 Å². The van der Waals surface area contributed by atoms with Gasteiger partial charge in [-0.1, -0.05) is 37.7 Å². The molecule has 0 spiro atoms. The molecule has 2 aromatic rings. The van der Waals surface area contributed by atoms with Gasteiger partial charge in [-0.3, -0.25) is 0 Å². The molecule has 0 fully saturated rings. The fourth-order valence-corrected chi connectivity index (χ4v) is 4.39. The number of benzene rings is 1. The predicted molar refractivity (Wildman–Crippen MR) is 102 cm³/mol. The zero-order chi connectivity index (χ0) is 17.7. The summed E-state index contributed by atoms with van der Waals surface area (Å²) in [6.07, 6.45) is 1.72. The van der Waals surface area contributed by atoms with Crippen molar-refractivity contribution in [3.05, 3.63) is 24.3 Å². The summed E-state index contributed by atoms with van der Waals surface area (Å²) in [5, 5.41) is 0.985. The Morgan fingerprint density at radius 1 is 1.25 bits per heavy atom. The highest BCUT2D eigenvalue weighted by Gasteiger charge is 2.15. The van der Waals surface area contributed by atoms with Crippen molar-refractivity contribution in [2.24, 2.45) is 5.92 Å². The molecule has 0 saturated heterocycles. The van der Waals surface area contributed by atoms with Crippen molar-refractivity contribution in [3.8, 4) is 0 Å². The molecule has 1 aromatic carbocycles. The van der Waals surface area contributed by atoms with Gasteiger partial charge in [0.25, 0.3) is 0 Å². The second-order valence-corrected chi connectivity index (χ2v) is 9.88. The van der Waals surface area contributed by atoms with E-state index in [4.69, 9.17) is 4.98 Å². The number of hydrogen-bond acceptors (Lipinski definition) is 4. The summed E-state index contributed by atoms with van der Waals surface area (Å²) in [4.78, 5) is 4.73. The fourth-order valence-electron chi connectivity index (χ4n) is 2.35. The normalized spacial score (nSPS) is 12.6. The molecule has 1 aromatic heterocycles. The standard InChI is InChI=1S/C17H27N3O2S2/c1-14(2)10-11-20-16-9-6-5-8-15(16)18-17(20)23-12-7-13-24(21,22)19(3)4/h5-6,8-9,14H,7,10-13H2,1-4H3. The Hall–Kier alpha value is -1.05. The summed E-state index contributed by atoms with van der Waals surface area (Å²) >= 11 is 1.65. The second kappa shape index (κ2) is 8.36. The van der Waals surface area contributed by atoms with E-state index in [1.807, 2.05) is 18.2 Å². The second-order valence-electron chi connectivity index (χ2n) is 6.52. The van der Waals surface area contributed by atoms with Crippen LogP contribution in [0.1, 0.15) is 26.7 Å². The summed E-state index contributed by atoms with van der Waals surface area (Å²) in [7, 11) is 0.0384. The first-order valence-electron chi connectivity index (χ1n) is 8.29. The van der Waals surface area contributed by atoms with Crippen LogP contribution < -0.4 is 0 Å². The average Bonchev–Trinajstić information content (AvgIpc) is 2.87. The van der Waals surface area contributed by atoms with Crippen LogP contribution in [0.25, 0.3) is 11.0 Å². The minimum absolute atomic E-state index is 0.180. The Kier molecular flexibility index (Phi) is 6.71. The van der Waals surface area contributed by atoms with Crippen molar-refractivity contribution in [2.75, 3.05) is 25.6 Å². The lowest BCUT2D eigenvalue weighted by Crippen LogP contribution is -2.25. The third kappa shape index (κ3) is 4.97. The minimum Gasteiger partial charge on any atom is -0.319 e. The van der Waals surface area contributed by atoms with Gasteiger partial charge in [0.1, 0.15) is 0 Å². The Balaban J connectivity index is 2.06. The van der Waals surface area contributed by atoms with Crippen LogP contribution in [0.15, 0.2) is 29.4 Å². The van der Waals surface area contributed by atoms with Crippen LogP contribution in [0.3, 0.4) is 0 Å². The molecule has 0 aliphatic rings. The van der Waals surface area contributed by atoms with E-state index in [2.05, 4.69) is 24.5 Å². The van der Waals surface area contributed by atoms with Gasteiger partial charge in [0.15, 0.2) is 5.16 Å². The van der Waals surface area contributed by atoms with Crippen LogP contribution in [0.5, 0.6) is 0 Å². The van der Waals surface area contributed by atoms with Crippen molar-refractivity contribution in [2.45, 2.75) is 38.4 Å². The molecular formula is C17H27N3O2S2. The number of imidazole rings is 1. The highest BCUT2D eigenvalue weighted by atomic mass is 32.2. The van der Waals surface area contributed by atoms with Crippen LogP contribution in [0.4, 0.5) is 0 Å². The van der Waals surface area contributed by atoms with E-state index in [0.29, 0.717) is 12.3 Å². The average molecular weight is 370 g/mol. The van der Waals surface area contributed by atoms with Crippen molar-refractivity contribution < 1.29 is 8.42 Å². The fraction of sp³-hybridized carbons (Fsp3) is 0.588. The molecule has 0 amide bonds. The van der Waals surface area contributed by atoms with Crippen molar-refractivity contribution in [1.29, 1.82) is 0 Å². The zero-order valence-corrected chi connectivity index (χ0v) is 16.5. The minimum atomic E-state index is -3.12. The number of aromatic nitrogens is 2. The summed E-state index contributed by atoms with van der Waals surface area (Å²) in [5.74, 6) is 1.56. The molecular weight excluding hydrogens is 342 g/mol. The number of aryl methyl sites for hydroxylation is 1. The number of hydrogen-bond donors (Lipinski definition) is 0. The van der Waals surface area contributed by atoms with E-state index in [0.717, 1.165) is 34.9 Å². The van der Waals surface area contributed by atoms with Crippen LogP contribution in [0, 0.1) is 5.92 Å². The van der Waals surface area contributed by atoms with E-state index in [9.17, 15) is 8.42 Å². The molecule has 0 aliphatic carbocycles. The number of para-hydroxylation sites is 2. The summed E-state index contributed by atoms with van der Waals surface area (Å²) in [5.41, 5.74) is 2.16. The first kappa shape index (κ1) is 19.3. The molecule has 0 saturated carbocycles. The van der Waals surface area contributed by atoms with Crippen LogP contribution in [-0.2, 0) is 16.6 Å². The molecule has 134 valence electrons. The molecule has 0 radical (unpaired) electrons. The van der Waals surface area contributed by atoms with Gasteiger partial charge in [-0.25, -0.2) is 17.7 Å². The molecule has 0 N–H and O–H groups in total. The number of rotatable bonds is 9. The SMILES string of the molecule is CC(C)CCn1c(SCCCS(=O)(=O)N(C)C)nc2ccccc21. The predicted octanol–water partition coefficient (Wildman–Crippen LogP) is 3.46. The van der Waals surface area contributed by atoms with Gasteiger partial charge in [0.05, 0.1) is 16.8 Å². The van der Waals surface area contributed by atoms with Crippen LogP contribution in [0.2, 0.25) is 0 Å². The van der Waals surface area contributed by atoms with Gasteiger partial charge in [0.2, 0.25) is 10.0 Å². The molecule has 2 rings (SSSR count). The number of nitrogens with zero attached hydrogens (tertiary/aromatic N) is 3. The topological polar surface area (TPSA) is 55.2 Å². The molecule has 0 unspecified atom stereocenters. The Morgan fingerprint density at radius 3 is 2.62 bits per heavy atom. The highest BCUT2D eigenvalue weighted by molar-refractivity contribution is 7.99. The third-order valence-electron chi connectivity index (χ3n) is 3.88. The lowest BCUT2D eigenvalue weighted by Gasteiger charge is -2.12. The van der Waals surface area contributed by atoms with Crippen LogP contribution in [-0.4, -0.2) is 47.9 Å². The zero-order valence-electron chi connectivity index (χ0n) is 14.9. The number of thioether (sulfide) groups is 1. The highest BCUT2D eigenvalue weighted by Crippen LogP contribution is 2.25. The smallest absolute Gasteiger partial charge is 0.213 e. The van der Waals surface area contributed by atoms with E-state index < -0.39 is 10.0 Å². The van der Waals surface area contributed by atoms with E-state index in [1.165, 1.54) is 4.31 Å².